The number of allylic oxidation sites excluding steroid dienone is 2. The molecule has 0 radical (unpaired) electrons. The number of carbonyl (C=O) groups excluding carboxylic acids is 1. The lowest BCUT2D eigenvalue weighted by Crippen LogP contribution is -2.60. The highest BCUT2D eigenvalue weighted by Crippen LogP contribution is 2.35. The molecule has 3 rings (SSSR count). The largest absolute Gasteiger partial charge is 0.384 e. The van der Waals surface area contributed by atoms with Crippen molar-refractivity contribution in [3.05, 3.63) is 23.9 Å². The zero-order chi connectivity index (χ0) is 20.9. The van der Waals surface area contributed by atoms with E-state index in [1.165, 1.54) is 22.7 Å². The van der Waals surface area contributed by atoms with Gasteiger partial charge in [0.25, 0.3) is 5.91 Å². The molecule has 0 saturated carbocycles. The Labute approximate surface area is 173 Å². The van der Waals surface area contributed by atoms with E-state index >= 15 is 0 Å². The fourth-order valence-electron chi connectivity index (χ4n) is 4.49. The summed E-state index contributed by atoms with van der Waals surface area (Å²) in [7, 11) is -3.90. The Morgan fingerprint density at radius 1 is 1.34 bits per heavy atom. The molecule has 3 aliphatic heterocycles. The second kappa shape index (κ2) is 9.59. The molecule has 3 aliphatic rings. The predicted molar refractivity (Wildman–Crippen MR) is 110 cm³/mol. The third-order valence-corrected chi connectivity index (χ3v) is 9.08. The van der Waals surface area contributed by atoms with E-state index in [1.807, 2.05) is 0 Å². The van der Waals surface area contributed by atoms with Crippen LogP contribution >= 0.6 is 0 Å². The summed E-state index contributed by atoms with van der Waals surface area (Å²) < 4.78 is 31.7. The maximum atomic E-state index is 13.3. The van der Waals surface area contributed by atoms with Crippen LogP contribution in [0.1, 0.15) is 51.9 Å². The number of piperidine rings is 1. The number of hydrogen-bond donors (Lipinski definition) is 3. The van der Waals surface area contributed by atoms with Crippen LogP contribution in [-0.4, -0.2) is 60.9 Å². The van der Waals surface area contributed by atoms with Crippen LogP contribution in [0.3, 0.4) is 0 Å². The molecule has 0 bridgehead atoms. The number of amides is 1. The van der Waals surface area contributed by atoms with Gasteiger partial charge in [-0.2, -0.15) is 0 Å². The van der Waals surface area contributed by atoms with Crippen molar-refractivity contribution in [1.29, 1.82) is 0 Å². The van der Waals surface area contributed by atoms with Gasteiger partial charge in [-0.05, 0) is 37.2 Å². The highest BCUT2D eigenvalue weighted by Gasteiger charge is 2.54. The minimum Gasteiger partial charge on any atom is -0.384 e. The molecule has 0 aromatic heterocycles. The van der Waals surface area contributed by atoms with Crippen molar-refractivity contribution >= 4 is 15.9 Å². The average Bonchev–Trinajstić information content (AvgIpc) is 2.78. The Balaban J connectivity index is 1.62. The molecule has 1 atom stereocenters. The molecule has 1 unspecified atom stereocenters. The van der Waals surface area contributed by atoms with Crippen molar-refractivity contribution in [1.82, 2.24) is 15.1 Å². The van der Waals surface area contributed by atoms with Gasteiger partial charge in [-0.1, -0.05) is 25.5 Å². The minimum absolute atomic E-state index is 0.0555. The number of ether oxygens (including phenoxy) is 1. The van der Waals surface area contributed by atoms with Gasteiger partial charge in [0.05, 0.1) is 0 Å². The van der Waals surface area contributed by atoms with Gasteiger partial charge < -0.3 is 10.1 Å². The molecule has 9 heteroatoms. The lowest BCUT2D eigenvalue weighted by molar-refractivity contribution is -0.134. The molecule has 0 spiro atoms. The van der Waals surface area contributed by atoms with Crippen molar-refractivity contribution in [3.8, 4) is 0 Å². The molecule has 164 valence electrons. The topological polar surface area (TPSA) is 108 Å². The van der Waals surface area contributed by atoms with Gasteiger partial charge in [0.2, 0.25) is 10.0 Å². The van der Waals surface area contributed by atoms with Crippen molar-refractivity contribution < 1.29 is 23.2 Å². The number of nitrogens with one attached hydrogen (secondary N) is 2. The van der Waals surface area contributed by atoms with Crippen molar-refractivity contribution in [2.24, 2.45) is 5.92 Å². The summed E-state index contributed by atoms with van der Waals surface area (Å²) in [5.74, 6) is -0.511. The standard InChI is InChI=1S/C20H33N3O5S/c1-2-3-4-16-5-6-18(21-15-16)17-7-11-23(12-8-17)29(26,27)20(19(24)22-25)9-13-28-14-10-20/h5-6,15,17-18,21,25H,2-4,7-14H2,1H3,(H,22,24). The molecule has 2 fully saturated rings. The van der Waals surface area contributed by atoms with Crippen molar-refractivity contribution in [2.45, 2.75) is 62.7 Å². The summed E-state index contributed by atoms with van der Waals surface area (Å²) in [6.45, 7) is 3.32. The van der Waals surface area contributed by atoms with E-state index in [4.69, 9.17) is 9.94 Å². The number of sulfonamides is 1. The van der Waals surface area contributed by atoms with Crippen LogP contribution in [0.5, 0.6) is 0 Å². The highest BCUT2D eigenvalue weighted by atomic mass is 32.2. The summed E-state index contributed by atoms with van der Waals surface area (Å²) in [5, 5.41) is 12.6. The van der Waals surface area contributed by atoms with Crippen LogP contribution in [0.4, 0.5) is 0 Å². The molecule has 2 saturated heterocycles. The van der Waals surface area contributed by atoms with Crippen LogP contribution in [-0.2, 0) is 19.6 Å². The van der Waals surface area contributed by atoms with Gasteiger partial charge in [0.15, 0.2) is 4.75 Å². The Morgan fingerprint density at radius 2 is 2.03 bits per heavy atom. The quantitative estimate of drug-likeness (QED) is 0.421. The molecule has 29 heavy (non-hydrogen) atoms. The summed E-state index contributed by atoms with van der Waals surface area (Å²) >= 11 is 0. The third-order valence-electron chi connectivity index (χ3n) is 6.45. The zero-order valence-electron chi connectivity index (χ0n) is 17.1. The Kier molecular flexibility index (Phi) is 7.37. The first-order chi connectivity index (χ1) is 13.9. The molecular weight excluding hydrogens is 394 g/mol. The number of nitrogens with zero attached hydrogens (tertiary/aromatic N) is 1. The Hall–Kier alpha value is -1.42. The first-order valence-corrected chi connectivity index (χ1v) is 12.0. The zero-order valence-corrected chi connectivity index (χ0v) is 17.9. The second-order valence-electron chi connectivity index (χ2n) is 8.16. The molecule has 0 aromatic carbocycles. The van der Waals surface area contributed by atoms with Gasteiger partial charge in [-0.25, -0.2) is 18.2 Å². The summed E-state index contributed by atoms with van der Waals surface area (Å²) in [5.41, 5.74) is 2.88. The maximum absolute atomic E-state index is 13.3. The first-order valence-electron chi connectivity index (χ1n) is 10.6. The molecular formula is C20H33N3O5S. The number of dihydropyridines is 1. The van der Waals surface area contributed by atoms with Gasteiger partial charge >= 0.3 is 0 Å². The number of hydrogen-bond acceptors (Lipinski definition) is 6. The summed E-state index contributed by atoms with van der Waals surface area (Å²) in [4.78, 5) is 12.3. The van der Waals surface area contributed by atoms with Gasteiger partial charge in [0.1, 0.15) is 0 Å². The third kappa shape index (κ3) is 4.52. The fraction of sp³-hybridized carbons (Fsp3) is 0.750. The van der Waals surface area contributed by atoms with Crippen LogP contribution in [0, 0.1) is 5.92 Å². The number of unbranched alkanes of at least 4 members (excludes halogenated alkanes) is 1. The van der Waals surface area contributed by atoms with E-state index in [9.17, 15) is 13.2 Å². The van der Waals surface area contributed by atoms with Gasteiger partial charge in [0, 0.05) is 51.4 Å². The van der Waals surface area contributed by atoms with Crippen LogP contribution in [0.2, 0.25) is 0 Å². The number of carbonyl (C=O) groups is 1. The van der Waals surface area contributed by atoms with Crippen molar-refractivity contribution in [2.75, 3.05) is 26.3 Å². The Bertz CT molecular complexity index is 735. The normalized spacial score (nSPS) is 25.9. The summed E-state index contributed by atoms with van der Waals surface area (Å²) in [6, 6.07) is 0.211. The van der Waals surface area contributed by atoms with E-state index < -0.39 is 20.7 Å². The molecule has 1 amide bonds. The first kappa shape index (κ1) is 22.3. The lowest BCUT2D eigenvalue weighted by Gasteiger charge is -2.41. The summed E-state index contributed by atoms with van der Waals surface area (Å²) in [6.07, 6.45) is 11.4. The van der Waals surface area contributed by atoms with Crippen LogP contribution in [0.25, 0.3) is 0 Å². The van der Waals surface area contributed by atoms with E-state index in [-0.39, 0.29) is 32.1 Å². The average molecular weight is 428 g/mol. The van der Waals surface area contributed by atoms with Gasteiger partial charge in [-0.3, -0.25) is 10.0 Å². The number of rotatable bonds is 7. The molecule has 8 nitrogen and oxygen atoms in total. The van der Waals surface area contributed by atoms with E-state index in [2.05, 4.69) is 30.6 Å². The molecule has 0 aromatic rings. The van der Waals surface area contributed by atoms with Crippen molar-refractivity contribution in [3.63, 3.8) is 0 Å². The molecule has 3 N–H and O–H groups in total. The fourth-order valence-corrected chi connectivity index (χ4v) is 6.64. The van der Waals surface area contributed by atoms with E-state index in [1.54, 1.807) is 5.48 Å². The van der Waals surface area contributed by atoms with Crippen LogP contribution < -0.4 is 10.8 Å². The number of hydroxylamine groups is 1. The maximum Gasteiger partial charge on any atom is 0.266 e. The monoisotopic (exact) mass is 427 g/mol. The molecule has 3 heterocycles. The van der Waals surface area contributed by atoms with E-state index in [0.717, 1.165) is 19.3 Å². The second-order valence-corrected chi connectivity index (χ2v) is 10.4. The van der Waals surface area contributed by atoms with E-state index in [0.29, 0.717) is 19.0 Å². The smallest absolute Gasteiger partial charge is 0.266 e. The predicted octanol–water partition coefficient (Wildman–Crippen LogP) is 1.68. The van der Waals surface area contributed by atoms with Crippen LogP contribution in [0.15, 0.2) is 23.9 Å². The lowest BCUT2D eigenvalue weighted by atomic mass is 9.88. The SMILES string of the molecule is CCCCC1=CNC(C2CCN(S(=O)(=O)C3(C(=O)NO)CCOCC3)CC2)C=C1. The Morgan fingerprint density at radius 3 is 2.59 bits per heavy atom. The molecule has 0 aliphatic carbocycles. The van der Waals surface area contributed by atoms with Gasteiger partial charge in [-0.15, -0.1) is 0 Å². The minimum atomic E-state index is -3.90. The highest BCUT2D eigenvalue weighted by molar-refractivity contribution is 7.91.